The molecular formula is C26H30N2O5. The van der Waals surface area contributed by atoms with E-state index in [0.717, 1.165) is 35.1 Å². The van der Waals surface area contributed by atoms with Gasteiger partial charge in [0.2, 0.25) is 5.91 Å². The molecule has 0 spiro atoms. The molecule has 2 aliphatic rings. The van der Waals surface area contributed by atoms with Gasteiger partial charge in [-0.2, -0.15) is 0 Å². The van der Waals surface area contributed by atoms with Gasteiger partial charge in [-0.05, 0) is 47.4 Å². The number of carbonyl (C=O) groups excluding carboxylic acids is 2. The summed E-state index contributed by atoms with van der Waals surface area (Å²) >= 11 is 0. The predicted molar refractivity (Wildman–Crippen MR) is 124 cm³/mol. The highest BCUT2D eigenvalue weighted by molar-refractivity contribution is 5.87. The molecule has 1 fully saturated rings. The molecule has 2 aromatic carbocycles. The summed E-state index contributed by atoms with van der Waals surface area (Å²) in [5.41, 5.74) is 4.57. The van der Waals surface area contributed by atoms with E-state index in [1.54, 1.807) is 4.90 Å². The van der Waals surface area contributed by atoms with Crippen LogP contribution in [0.3, 0.4) is 0 Å². The van der Waals surface area contributed by atoms with E-state index in [9.17, 15) is 14.4 Å². The van der Waals surface area contributed by atoms with E-state index in [1.165, 1.54) is 0 Å². The first-order valence-electron chi connectivity index (χ1n) is 11.6. The maximum atomic E-state index is 13.1. The lowest BCUT2D eigenvalue weighted by Gasteiger charge is -2.27. The van der Waals surface area contributed by atoms with Crippen molar-refractivity contribution in [3.63, 3.8) is 0 Å². The summed E-state index contributed by atoms with van der Waals surface area (Å²) in [6.45, 7) is 2.72. The monoisotopic (exact) mass is 450 g/mol. The third-order valence-corrected chi connectivity index (χ3v) is 6.38. The number of nitrogens with zero attached hydrogens (tertiary/aromatic N) is 1. The largest absolute Gasteiger partial charge is 0.481 e. The molecule has 0 aliphatic heterocycles. The molecule has 1 saturated carbocycles. The van der Waals surface area contributed by atoms with E-state index in [2.05, 4.69) is 29.6 Å². The van der Waals surface area contributed by atoms with Crippen molar-refractivity contribution in [3.05, 3.63) is 59.7 Å². The van der Waals surface area contributed by atoms with Crippen molar-refractivity contribution >= 4 is 18.0 Å². The summed E-state index contributed by atoms with van der Waals surface area (Å²) < 4.78 is 5.62. The summed E-state index contributed by atoms with van der Waals surface area (Å²) in [7, 11) is 0. The fourth-order valence-electron chi connectivity index (χ4n) is 4.61. The Hall–Kier alpha value is -3.35. The minimum absolute atomic E-state index is 0.0506. The van der Waals surface area contributed by atoms with Gasteiger partial charge in [0.15, 0.2) is 0 Å². The number of carbonyl (C=O) groups is 3. The zero-order chi connectivity index (χ0) is 23.4. The van der Waals surface area contributed by atoms with Crippen LogP contribution in [0.25, 0.3) is 11.1 Å². The van der Waals surface area contributed by atoms with Gasteiger partial charge in [-0.1, -0.05) is 55.5 Å². The number of hydrogen-bond acceptors (Lipinski definition) is 4. The Morgan fingerprint density at radius 3 is 2.18 bits per heavy atom. The van der Waals surface area contributed by atoms with Gasteiger partial charge in [-0.25, -0.2) is 4.79 Å². The fourth-order valence-corrected chi connectivity index (χ4v) is 4.61. The molecule has 1 unspecified atom stereocenters. The number of benzene rings is 2. The van der Waals surface area contributed by atoms with Crippen LogP contribution in [0, 0.1) is 5.92 Å². The number of rotatable bonds is 10. The molecular weight excluding hydrogens is 420 g/mol. The molecule has 0 bridgehead atoms. The fraction of sp³-hybridized carbons (Fsp3) is 0.423. The van der Waals surface area contributed by atoms with Gasteiger partial charge in [0.1, 0.15) is 12.6 Å². The Balaban J connectivity index is 1.41. The molecule has 1 atom stereocenters. The summed E-state index contributed by atoms with van der Waals surface area (Å²) in [4.78, 5) is 38.4. The molecule has 2 aliphatic carbocycles. The van der Waals surface area contributed by atoms with Crippen molar-refractivity contribution in [2.24, 2.45) is 5.92 Å². The number of nitrogens with one attached hydrogen (secondary N) is 1. The molecule has 0 radical (unpaired) electrons. The van der Waals surface area contributed by atoms with Crippen molar-refractivity contribution in [2.75, 3.05) is 19.7 Å². The summed E-state index contributed by atoms with van der Waals surface area (Å²) in [6, 6.07) is 15.6. The molecule has 174 valence electrons. The number of hydrogen-bond donors (Lipinski definition) is 2. The smallest absolute Gasteiger partial charge is 0.407 e. The van der Waals surface area contributed by atoms with Crippen LogP contribution in [0.4, 0.5) is 4.79 Å². The van der Waals surface area contributed by atoms with Crippen LogP contribution in [0.1, 0.15) is 49.7 Å². The van der Waals surface area contributed by atoms with Crippen LogP contribution >= 0.6 is 0 Å². The maximum Gasteiger partial charge on any atom is 0.407 e. The molecule has 0 saturated heterocycles. The van der Waals surface area contributed by atoms with Crippen molar-refractivity contribution in [2.45, 2.75) is 44.6 Å². The number of ether oxygens (including phenoxy) is 1. The predicted octanol–water partition coefficient (Wildman–Crippen LogP) is 4.02. The molecule has 2 amide bonds. The zero-order valence-electron chi connectivity index (χ0n) is 18.8. The lowest BCUT2D eigenvalue weighted by molar-refractivity contribution is -0.139. The Morgan fingerprint density at radius 1 is 1.03 bits per heavy atom. The Labute approximate surface area is 193 Å². The molecule has 2 aromatic rings. The van der Waals surface area contributed by atoms with Crippen LogP contribution < -0.4 is 5.32 Å². The summed E-state index contributed by atoms with van der Waals surface area (Å²) in [6.07, 6.45) is 1.71. The number of carboxylic acids is 1. The highest BCUT2D eigenvalue weighted by atomic mass is 16.5. The lowest BCUT2D eigenvalue weighted by atomic mass is 9.98. The first-order valence-corrected chi connectivity index (χ1v) is 11.6. The molecule has 0 aromatic heterocycles. The average molecular weight is 451 g/mol. The van der Waals surface area contributed by atoms with Gasteiger partial charge in [0.05, 0.1) is 6.42 Å². The van der Waals surface area contributed by atoms with Gasteiger partial charge in [-0.15, -0.1) is 0 Å². The number of aliphatic carboxylic acids is 1. The van der Waals surface area contributed by atoms with Gasteiger partial charge >= 0.3 is 12.1 Å². The van der Waals surface area contributed by atoms with Crippen molar-refractivity contribution in [1.82, 2.24) is 10.2 Å². The molecule has 7 heteroatoms. The van der Waals surface area contributed by atoms with Crippen LogP contribution in [0.15, 0.2) is 48.5 Å². The zero-order valence-corrected chi connectivity index (χ0v) is 18.8. The van der Waals surface area contributed by atoms with Crippen molar-refractivity contribution in [3.8, 4) is 11.1 Å². The minimum atomic E-state index is -0.948. The van der Waals surface area contributed by atoms with Crippen molar-refractivity contribution < 1.29 is 24.2 Å². The minimum Gasteiger partial charge on any atom is -0.481 e. The second kappa shape index (κ2) is 10.1. The van der Waals surface area contributed by atoms with E-state index < -0.39 is 18.1 Å². The molecule has 0 heterocycles. The maximum absolute atomic E-state index is 13.1. The first kappa shape index (κ1) is 22.8. The van der Waals surface area contributed by atoms with Crippen LogP contribution in [-0.4, -0.2) is 53.7 Å². The van der Waals surface area contributed by atoms with E-state index in [4.69, 9.17) is 9.84 Å². The molecule has 33 heavy (non-hydrogen) atoms. The summed E-state index contributed by atoms with van der Waals surface area (Å²) in [5, 5.41) is 11.8. The van der Waals surface area contributed by atoms with E-state index in [1.807, 2.05) is 31.2 Å². The molecule has 2 N–H and O–H groups in total. The normalized spacial score (nSPS) is 15.3. The second-order valence-corrected chi connectivity index (χ2v) is 8.75. The number of fused-ring (bicyclic) bond motifs is 3. The topological polar surface area (TPSA) is 95.9 Å². The Kier molecular flexibility index (Phi) is 6.96. The van der Waals surface area contributed by atoms with E-state index in [0.29, 0.717) is 13.0 Å². The van der Waals surface area contributed by atoms with E-state index in [-0.39, 0.29) is 37.3 Å². The SMILES string of the molecule is CCCN(CCC(=O)O)C(=O)C(NC(=O)OCC1c2ccccc2-c2ccccc21)C1CC1. The van der Waals surface area contributed by atoms with Gasteiger partial charge < -0.3 is 20.1 Å². The quantitative estimate of drug-likeness (QED) is 0.570. The van der Waals surface area contributed by atoms with Crippen LogP contribution in [-0.2, 0) is 14.3 Å². The van der Waals surface area contributed by atoms with Gasteiger partial charge in [0, 0.05) is 19.0 Å². The van der Waals surface area contributed by atoms with Gasteiger partial charge in [-0.3, -0.25) is 9.59 Å². The Bertz CT molecular complexity index is 987. The van der Waals surface area contributed by atoms with E-state index >= 15 is 0 Å². The van der Waals surface area contributed by atoms with Crippen LogP contribution in [0.2, 0.25) is 0 Å². The van der Waals surface area contributed by atoms with Gasteiger partial charge in [0.25, 0.3) is 0 Å². The highest BCUT2D eigenvalue weighted by Gasteiger charge is 2.40. The number of carboxylic acid groups (broad SMARTS) is 1. The lowest BCUT2D eigenvalue weighted by Crippen LogP contribution is -2.50. The first-order chi connectivity index (χ1) is 16.0. The number of amides is 2. The standard InChI is InChI=1S/C26H30N2O5/c1-2-14-28(15-13-23(29)30)25(31)24(17-11-12-17)27-26(32)33-16-22-20-9-5-3-7-18(20)19-8-4-6-10-21(19)22/h3-10,17,22,24H,2,11-16H2,1H3,(H,27,32)(H,29,30). The Morgan fingerprint density at radius 2 is 1.64 bits per heavy atom. The third kappa shape index (κ3) is 5.18. The highest BCUT2D eigenvalue weighted by Crippen LogP contribution is 2.44. The van der Waals surface area contributed by atoms with Crippen LogP contribution in [0.5, 0.6) is 0 Å². The second-order valence-electron chi connectivity index (χ2n) is 8.75. The average Bonchev–Trinajstić information content (AvgIpc) is 3.61. The molecule has 7 nitrogen and oxygen atoms in total. The molecule has 4 rings (SSSR count). The third-order valence-electron chi connectivity index (χ3n) is 6.38. The van der Waals surface area contributed by atoms with Crippen molar-refractivity contribution in [1.29, 1.82) is 0 Å². The summed E-state index contributed by atoms with van der Waals surface area (Å²) in [5.74, 6) is -1.15. The number of alkyl carbamates (subject to hydrolysis) is 1.